The molecule has 41 heavy (non-hydrogen) atoms. The number of pyridine rings is 2. The van der Waals surface area contributed by atoms with E-state index in [-0.39, 0.29) is 44.1 Å². The van der Waals surface area contributed by atoms with Crippen LogP contribution in [0.1, 0.15) is 41.7 Å². The quantitative estimate of drug-likeness (QED) is 0.244. The SMILES string of the molecule is BC1(B)CN(c2ccc(Nc3ncc4c(C)c(C(C)=O)c(=O)n(C5C(B)(B)CCC5(B)B)c4n3)nc2)CC(B)(B)N1. The first-order chi connectivity index (χ1) is 18.9. The van der Waals surface area contributed by atoms with Gasteiger partial charge in [-0.25, -0.2) is 9.97 Å². The lowest BCUT2D eigenvalue weighted by Gasteiger charge is -2.50. The normalized spacial score (nSPS) is 21.1. The minimum absolute atomic E-state index is 0.0176. The van der Waals surface area contributed by atoms with Crippen LogP contribution < -0.4 is 21.1 Å². The van der Waals surface area contributed by atoms with Crippen molar-refractivity contribution in [1.29, 1.82) is 0 Å². The number of carbonyl (C=O) groups is 1. The fraction of sp³-hybridized carbons (Fsp3) is 0.458. The zero-order valence-electron chi connectivity index (χ0n) is 26.3. The highest BCUT2D eigenvalue weighted by Gasteiger charge is 2.48. The Labute approximate surface area is 249 Å². The van der Waals surface area contributed by atoms with E-state index in [1.54, 1.807) is 10.8 Å². The summed E-state index contributed by atoms with van der Waals surface area (Å²) in [5, 5.41) is 7.34. The molecule has 0 atom stereocenters. The second-order valence-corrected chi connectivity index (χ2v) is 14.8. The van der Waals surface area contributed by atoms with E-state index >= 15 is 0 Å². The number of Topliss-reactive ketones (excluding diaryl/α,β-unsaturated/α-hetero) is 1. The van der Waals surface area contributed by atoms with Gasteiger partial charge in [-0.1, -0.05) is 23.3 Å². The van der Waals surface area contributed by atoms with Gasteiger partial charge in [0.1, 0.15) is 74.2 Å². The van der Waals surface area contributed by atoms with Gasteiger partial charge in [-0.2, -0.15) is 4.98 Å². The number of piperazine rings is 1. The average molecular weight is 542 g/mol. The molecule has 0 radical (unpaired) electrons. The standard InChI is InChI=1S/C24H37B8N7O2/c1-11-14-8-34-20(35-15-4-3-13(7-33-15)38-9-23(29,30)37-24(31,32)10-38)36-17(14)39(18(41)16(11)12(2)40)19-21(25,26)5-6-22(19,27)28/h3-4,7-8,19,37H,5-6,9-10,25-32H2,1-2H3,(H,33,34,35,36). The van der Waals surface area contributed by atoms with E-state index < -0.39 is 0 Å². The Balaban J connectivity index is 1.54. The van der Waals surface area contributed by atoms with Crippen molar-refractivity contribution in [3.63, 3.8) is 0 Å². The van der Waals surface area contributed by atoms with E-state index in [0.717, 1.165) is 31.6 Å². The summed E-state index contributed by atoms with van der Waals surface area (Å²) in [5.41, 5.74) is 2.18. The Morgan fingerprint density at radius 1 is 0.976 bits per heavy atom. The van der Waals surface area contributed by atoms with Crippen molar-refractivity contribution in [1.82, 2.24) is 24.8 Å². The third-order valence-corrected chi connectivity index (χ3v) is 8.91. The van der Waals surface area contributed by atoms with Gasteiger partial charge < -0.3 is 15.5 Å². The van der Waals surface area contributed by atoms with Gasteiger partial charge in [0.05, 0.1) is 17.4 Å². The average Bonchev–Trinajstić information content (AvgIpc) is 3.05. The summed E-state index contributed by atoms with van der Waals surface area (Å²) < 4.78 is 1.78. The van der Waals surface area contributed by atoms with Crippen LogP contribution in [-0.4, -0.2) is 112 Å². The number of hydrogen-bond acceptors (Lipinski definition) is 8. The van der Waals surface area contributed by atoms with Gasteiger partial charge in [-0.05, 0) is 42.2 Å². The Kier molecular flexibility index (Phi) is 7.16. The van der Waals surface area contributed by atoms with Gasteiger partial charge in [0.25, 0.3) is 5.56 Å². The second-order valence-electron chi connectivity index (χ2n) is 14.8. The molecule has 0 amide bonds. The Bertz CT molecular complexity index is 1560. The molecular formula is C24H37B8N7O2. The van der Waals surface area contributed by atoms with Gasteiger partial charge >= 0.3 is 0 Å². The molecule has 0 spiro atoms. The van der Waals surface area contributed by atoms with Crippen molar-refractivity contribution >= 4 is 97.0 Å². The minimum Gasteiger partial charge on any atom is -0.370 e. The Morgan fingerprint density at radius 3 is 2.12 bits per heavy atom. The maximum Gasteiger partial charge on any atom is 0.263 e. The molecule has 17 heteroatoms. The number of fused-ring (bicyclic) bond motifs is 1. The fourth-order valence-corrected chi connectivity index (χ4v) is 7.67. The van der Waals surface area contributed by atoms with E-state index in [9.17, 15) is 9.59 Å². The van der Waals surface area contributed by atoms with Crippen LogP contribution >= 0.6 is 0 Å². The number of carbonyl (C=O) groups excluding carboxylic acids is 1. The molecule has 4 heterocycles. The monoisotopic (exact) mass is 543 g/mol. The topological polar surface area (TPSA) is 105 Å². The van der Waals surface area contributed by atoms with Crippen LogP contribution in [-0.2, 0) is 0 Å². The number of anilines is 3. The molecule has 0 bridgehead atoms. The van der Waals surface area contributed by atoms with E-state index in [0.29, 0.717) is 28.4 Å². The lowest BCUT2D eigenvalue weighted by atomic mass is 9.43. The van der Waals surface area contributed by atoms with E-state index in [4.69, 9.17) is 4.98 Å². The van der Waals surface area contributed by atoms with Crippen molar-refractivity contribution in [2.24, 2.45) is 0 Å². The second kappa shape index (κ2) is 9.89. The highest BCUT2D eigenvalue weighted by Crippen LogP contribution is 2.59. The van der Waals surface area contributed by atoms with Crippen LogP contribution in [0.3, 0.4) is 0 Å². The molecule has 2 fully saturated rings. The Hall–Kier alpha value is -2.81. The van der Waals surface area contributed by atoms with Gasteiger partial charge in [-0.3, -0.25) is 14.2 Å². The van der Waals surface area contributed by atoms with Crippen LogP contribution in [0.5, 0.6) is 0 Å². The third-order valence-electron chi connectivity index (χ3n) is 8.91. The molecule has 1 saturated heterocycles. The summed E-state index contributed by atoms with van der Waals surface area (Å²) in [4.78, 5) is 43.2. The molecule has 204 valence electrons. The number of rotatable bonds is 5. The van der Waals surface area contributed by atoms with E-state index in [1.807, 2.05) is 19.2 Å². The predicted molar refractivity (Wildman–Crippen MR) is 189 cm³/mol. The fourth-order valence-electron chi connectivity index (χ4n) is 7.67. The molecule has 1 saturated carbocycles. The van der Waals surface area contributed by atoms with Gasteiger partial charge in [-0.15, -0.1) is 0 Å². The van der Waals surface area contributed by atoms with Crippen LogP contribution in [0.25, 0.3) is 11.0 Å². The van der Waals surface area contributed by atoms with Gasteiger partial charge in [0, 0.05) is 30.7 Å². The lowest BCUT2D eigenvalue weighted by Crippen LogP contribution is -2.73. The first-order valence-electron chi connectivity index (χ1n) is 14.6. The number of aromatic nitrogens is 4. The van der Waals surface area contributed by atoms with E-state index in [2.05, 4.69) is 94.3 Å². The largest absolute Gasteiger partial charge is 0.370 e. The molecule has 3 aromatic heterocycles. The lowest BCUT2D eigenvalue weighted by molar-refractivity contribution is 0.101. The van der Waals surface area contributed by atoms with Crippen molar-refractivity contribution < 1.29 is 4.79 Å². The summed E-state index contributed by atoms with van der Waals surface area (Å²) in [6, 6.07) is 3.87. The van der Waals surface area contributed by atoms with Crippen molar-refractivity contribution in [3.8, 4) is 0 Å². The molecule has 1 aliphatic carbocycles. The first kappa shape index (κ1) is 29.7. The van der Waals surface area contributed by atoms with Crippen LogP contribution in [0.2, 0.25) is 10.4 Å². The maximum absolute atomic E-state index is 14.0. The van der Waals surface area contributed by atoms with Gasteiger partial charge in [0.2, 0.25) is 5.95 Å². The van der Waals surface area contributed by atoms with Crippen molar-refractivity contribution in [3.05, 3.63) is 46.0 Å². The molecule has 3 aromatic rings. The number of aryl methyl sites for hydroxylation is 1. The number of ketones is 1. The zero-order valence-corrected chi connectivity index (χ0v) is 26.3. The highest BCUT2D eigenvalue weighted by atomic mass is 16.1. The van der Waals surface area contributed by atoms with Crippen LogP contribution in [0.15, 0.2) is 29.3 Å². The number of nitrogens with zero attached hydrogens (tertiary/aromatic N) is 5. The van der Waals surface area contributed by atoms with Crippen LogP contribution in [0.4, 0.5) is 17.5 Å². The van der Waals surface area contributed by atoms with E-state index in [1.165, 1.54) is 6.92 Å². The van der Waals surface area contributed by atoms with Gasteiger partial charge in [0.15, 0.2) is 5.78 Å². The molecule has 9 nitrogen and oxygen atoms in total. The molecule has 0 unspecified atom stereocenters. The number of hydrogen-bond donors (Lipinski definition) is 2. The maximum atomic E-state index is 14.0. The summed E-state index contributed by atoms with van der Waals surface area (Å²) in [5.74, 6) is 0.743. The first-order valence-corrected chi connectivity index (χ1v) is 14.6. The smallest absolute Gasteiger partial charge is 0.263 e. The molecular weight excluding hydrogens is 505 g/mol. The van der Waals surface area contributed by atoms with Crippen LogP contribution in [0, 0.1) is 6.92 Å². The summed E-state index contributed by atoms with van der Waals surface area (Å²) >= 11 is 0. The summed E-state index contributed by atoms with van der Waals surface area (Å²) in [6.45, 7) is 5.03. The zero-order chi connectivity index (χ0) is 30.1. The molecule has 1 aliphatic heterocycles. The molecule has 2 N–H and O–H groups in total. The Morgan fingerprint density at radius 2 is 1.59 bits per heavy atom. The summed E-state index contributed by atoms with van der Waals surface area (Å²) in [7, 11) is 17.7. The molecule has 2 aliphatic rings. The highest BCUT2D eigenvalue weighted by molar-refractivity contribution is 6.46. The van der Waals surface area contributed by atoms with Crippen molar-refractivity contribution in [2.75, 3.05) is 23.3 Å². The predicted octanol–water partition coefficient (Wildman–Crippen LogP) is -5.21. The molecule has 5 rings (SSSR count). The summed E-state index contributed by atoms with van der Waals surface area (Å²) in [6.07, 6.45) is 5.56. The van der Waals surface area contributed by atoms with Crippen molar-refractivity contribution in [2.45, 2.75) is 53.8 Å². The molecule has 0 aromatic carbocycles. The number of nitrogens with one attached hydrogen (secondary N) is 2. The third kappa shape index (κ3) is 5.54. The minimum atomic E-state index is -0.274.